The molecule has 0 radical (unpaired) electrons. The van der Waals surface area contributed by atoms with Crippen molar-refractivity contribution in [1.29, 1.82) is 0 Å². The van der Waals surface area contributed by atoms with E-state index in [1.54, 1.807) is 7.05 Å². The van der Waals surface area contributed by atoms with Gasteiger partial charge >= 0.3 is 0 Å². The van der Waals surface area contributed by atoms with Crippen LogP contribution in [0.5, 0.6) is 0 Å². The number of likely N-dealkylation sites (tertiary alicyclic amines) is 1. The lowest BCUT2D eigenvalue weighted by molar-refractivity contribution is -0.130. The van der Waals surface area contributed by atoms with Crippen LogP contribution < -0.4 is 10.6 Å². The molecule has 6 heteroatoms. The minimum Gasteiger partial charge on any atom is -0.354 e. The third kappa shape index (κ3) is 5.45. The molecule has 27 heavy (non-hydrogen) atoms. The van der Waals surface area contributed by atoms with Gasteiger partial charge in [0.1, 0.15) is 0 Å². The van der Waals surface area contributed by atoms with Crippen LogP contribution in [-0.2, 0) is 17.8 Å². The van der Waals surface area contributed by atoms with Crippen molar-refractivity contribution < 1.29 is 4.79 Å². The zero-order valence-electron chi connectivity index (χ0n) is 16.7. The van der Waals surface area contributed by atoms with E-state index in [-0.39, 0.29) is 12.5 Å². The summed E-state index contributed by atoms with van der Waals surface area (Å²) in [6.45, 7) is 7.47. The van der Waals surface area contributed by atoms with Crippen molar-refractivity contribution >= 4 is 11.9 Å². The zero-order valence-corrected chi connectivity index (χ0v) is 16.7. The molecular formula is C21H33N5O. The highest BCUT2D eigenvalue weighted by Crippen LogP contribution is 2.18. The van der Waals surface area contributed by atoms with Gasteiger partial charge in [0.25, 0.3) is 0 Å². The molecule has 1 amide bonds. The molecule has 2 aliphatic heterocycles. The van der Waals surface area contributed by atoms with Gasteiger partial charge in [0.15, 0.2) is 5.96 Å². The molecule has 3 rings (SSSR count). The van der Waals surface area contributed by atoms with Gasteiger partial charge < -0.3 is 20.4 Å². The van der Waals surface area contributed by atoms with E-state index in [1.165, 1.54) is 24.1 Å². The second kappa shape index (κ2) is 9.74. The molecule has 0 bridgehead atoms. The van der Waals surface area contributed by atoms with Crippen molar-refractivity contribution in [2.24, 2.45) is 4.99 Å². The van der Waals surface area contributed by atoms with E-state index >= 15 is 0 Å². The van der Waals surface area contributed by atoms with Gasteiger partial charge in [-0.1, -0.05) is 31.2 Å². The molecule has 6 nitrogen and oxygen atoms in total. The summed E-state index contributed by atoms with van der Waals surface area (Å²) in [6, 6.07) is 8.82. The Kier molecular flexibility index (Phi) is 7.10. The largest absolute Gasteiger partial charge is 0.354 e. The molecule has 2 heterocycles. The Labute approximate surface area is 163 Å². The molecule has 0 saturated carbocycles. The maximum atomic E-state index is 12.6. The fraction of sp³-hybridized carbons (Fsp3) is 0.619. The molecular weight excluding hydrogens is 338 g/mol. The van der Waals surface area contributed by atoms with Crippen LogP contribution in [0.4, 0.5) is 0 Å². The third-order valence-electron chi connectivity index (χ3n) is 5.58. The number of aliphatic imine (C=N–C) groups is 1. The number of fused-ring (bicyclic) bond motifs is 1. The number of carbonyl (C=O) groups excluding carboxylic acids is 1. The average molecular weight is 372 g/mol. The molecule has 1 aromatic carbocycles. The second-order valence-electron chi connectivity index (χ2n) is 7.52. The first kappa shape index (κ1) is 19.7. The molecule has 1 fully saturated rings. The number of rotatable bonds is 5. The van der Waals surface area contributed by atoms with Gasteiger partial charge in [-0.25, -0.2) is 0 Å². The summed E-state index contributed by atoms with van der Waals surface area (Å²) in [4.78, 5) is 21.4. The van der Waals surface area contributed by atoms with E-state index in [2.05, 4.69) is 45.6 Å². The zero-order chi connectivity index (χ0) is 19.1. The predicted molar refractivity (Wildman–Crippen MR) is 110 cm³/mol. The Balaban J connectivity index is 1.43. The van der Waals surface area contributed by atoms with Gasteiger partial charge in [0, 0.05) is 39.3 Å². The molecule has 0 spiro atoms. The standard InChI is InChI=1S/C21H33N5O/c1-3-11-25-12-9-19(10-13-25)24-21(22-2)23-15-20(27)26-14-8-17-6-4-5-7-18(17)16-26/h4-7,19H,3,8-16H2,1-2H3,(H2,22,23,24). The van der Waals surface area contributed by atoms with Gasteiger partial charge in [-0.2, -0.15) is 0 Å². The maximum Gasteiger partial charge on any atom is 0.242 e. The summed E-state index contributed by atoms with van der Waals surface area (Å²) in [5.41, 5.74) is 2.62. The van der Waals surface area contributed by atoms with Crippen LogP contribution in [0, 0.1) is 0 Å². The van der Waals surface area contributed by atoms with Gasteiger partial charge in [-0.3, -0.25) is 9.79 Å². The number of hydrogen-bond acceptors (Lipinski definition) is 3. The summed E-state index contributed by atoms with van der Waals surface area (Å²) >= 11 is 0. The Hall–Kier alpha value is -2.08. The number of benzene rings is 1. The number of guanidine groups is 1. The second-order valence-corrected chi connectivity index (χ2v) is 7.52. The lowest BCUT2D eigenvalue weighted by Gasteiger charge is -2.33. The quantitative estimate of drug-likeness (QED) is 0.610. The molecule has 0 unspecified atom stereocenters. The number of hydrogen-bond donors (Lipinski definition) is 2. The SMILES string of the molecule is CCCN1CCC(NC(=NC)NCC(=O)N2CCc3ccccc3C2)CC1. The molecule has 148 valence electrons. The molecule has 1 saturated heterocycles. The summed E-state index contributed by atoms with van der Waals surface area (Å²) < 4.78 is 0. The van der Waals surface area contributed by atoms with Gasteiger partial charge in [-0.15, -0.1) is 0 Å². The van der Waals surface area contributed by atoms with E-state index in [4.69, 9.17) is 0 Å². The predicted octanol–water partition coefficient (Wildman–Crippen LogP) is 1.61. The Bertz CT molecular complexity index is 652. The highest BCUT2D eigenvalue weighted by atomic mass is 16.2. The monoisotopic (exact) mass is 371 g/mol. The maximum absolute atomic E-state index is 12.6. The molecule has 0 aliphatic carbocycles. The van der Waals surface area contributed by atoms with Gasteiger partial charge in [0.2, 0.25) is 5.91 Å². The highest BCUT2D eigenvalue weighted by molar-refractivity contribution is 5.86. The Morgan fingerprint density at radius 1 is 1.19 bits per heavy atom. The Morgan fingerprint density at radius 2 is 1.93 bits per heavy atom. The van der Waals surface area contributed by atoms with Crippen LogP contribution in [0.3, 0.4) is 0 Å². The summed E-state index contributed by atoms with van der Waals surface area (Å²) in [6.07, 6.45) is 4.39. The van der Waals surface area contributed by atoms with Crippen molar-refractivity contribution in [1.82, 2.24) is 20.4 Å². The van der Waals surface area contributed by atoms with Crippen LogP contribution in [0.2, 0.25) is 0 Å². The number of nitrogens with one attached hydrogen (secondary N) is 2. The normalized spacial score (nSPS) is 18.9. The minimum absolute atomic E-state index is 0.130. The average Bonchev–Trinajstić information content (AvgIpc) is 2.72. The smallest absolute Gasteiger partial charge is 0.242 e. The van der Waals surface area contributed by atoms with Gasteiger partial charge in [0.05, 0.1) is 6.54 Å². The first-order valence-corrected chi connectivity index (χ1v) is 10.2. The number of piperidine rings is 1. The summed E-state index contributed by atoms with van der Waals surface area (Å²) in [5.74, 6) is 0.861. The first-order valence-electron chi connectivity index (χ1n) is 10.2. The van der Waals surface area contributed by atoms with E-state index in [9.17, 15) is 4.79 Å². The van der Waals surface area contributed by atoms with Crippen molar-refractivity contribution in [2.75, 3.05) is 39.8 Å². The number of nitrogens with zero attached hydrogens (tertiary/aromatic N) is 3. The van der Waals surface area contributed by atoms with Crippen LogP contribution in [0.25, 0.3) is 0 Å². The molecule has 1 aromatic rings. The van der Waals surface area contributed by atoms with E-state index in [0.717, 1.165) is 44.9 Å². The van der Waals surface area contributed by atoms with Gasteiger partial charge in [-0.05, 0) is 43.4 Å². The molecule has 2 N–H and O–H groups in total. The summed E-state index contributed by atoms with van der Waals surface area (Å²) in [5, 5.41) is 6.69. The lowest BCUT2D eigenvalue weighted by Crippen LogP contribution is -2.51. The lowest BCUT2D eigenvalue weighted by atomic mass is 10.00. The third-order valence-corrected chi connectivity index (χ3v) is 5.58. The van der Waals surface area contributed by atoms with Crippen molar-refractivity contribution in [2.45, 2.75) is 45.2 Å². The fourth-order valence-electron chi connectivity index (χ4n) is 3.98. The van der Waals surface area contributed by atoms with Crippen LogP contribution in [0.15, 0.2) is 29.3 Å². The topological polar surface area (TPSA) is 60.0 Å². The molecule has 0 aromatic heterocycles. The van der Waals surface area contributed by atoms with Crippen molar-refractivity contribution in [3.63, 3.8) is 0 Å². The molecule has 0 atom stereocenters. The van der Waals surface area contributed by atoms with Crippen LogP contribution >= 0.6 is 0 Å². The molecule has 2 aliphatic rings. The van der Waals surface area contributed by atoms with E-state index in [1.807, 2.05) is 11.0 Å². The Morgan fingerprint density at radius 3 is 2.63 bits per heavy atom. The number of amides is 1. The minimum atomic E-state index is 0.130. The van der Waals surface area contributed by atoms with Crippen molar-refractivity contribution in [3.05, 3.63) is 35.4 Å². The number of carbonyl (C=O) groups is 1. The first-order chi connectivity index (χ1) is 13.2. The van der Waals surface area contributed by atoms with Crippen LogP contribution in [0.1, 0.15) is 37.3 Å². The van der Waals surface area contributed by atoms with Crippen molar-refractivity contribution in [3.8, 4) is 0 Å². The highest BCUT2D eigenvalue weighted by Gasteiger charge is 2.22. The summed E-state index contributed by atoms with van der Waals surface area (Å²) in [7, 11) is 1.77. The fourth-order valence-corrected chi connectivity index (χ4v) is 3.98. The van der Waals surface area contributed by atoms with E-state index < -0.39 is 0 Å². The van der Waals surface area contributed by atoms with E-state index in [0.29, 0.717) is 12.6 Å². The van der Waals surface area contributed by atoms with Crippen LogP contribution in [-0.4, -0.2) is 67.5 Å².